The minimum Gasteiger partial charge on any atom is -0.201 e. The van der Waals surface area contributed by atoms with Crippen LogP contribution in [0.5, 0.6) is 0 Å². The standard InChI is InChI=1S/C22H32NSi/c1-17-10-6-9-13-20(17)21-15-19(14-18-11-7-8-12-18)22(16-23(21)2)24(3,4)5/h6,9-10,13,15-16,18H,7-8,11-12,14H2,1-5H3/q+1. The van der Waals surface area contributed by atoms with Crippen LogP contribution in [-0.4, -0.2) is 8.07 Å². The minimum atomic E-state index is -1.34. The second-order valence-corrected chi connectivity index (χ2v) is 13.7. The maximum Gasteiger partial charge on any atom is 0.212 e. The summed E-state index contributed by atoms with van der Waals surface area (Å²) in [6.07, 6.45) is 9.42. The highest BCUT2D eigenvalue weighted by atomic mass is 28.3. The van der Waals surface area contributed by atoms with Gasteiger partial charge in [-0.1, -0.05) is 63.5 Å². The molecule has 1 aromatic heterocycles. The molecule has 24 heavy (non-hydrogen) atoms. The molecule has 1 heterocycles. The second kappa shape index (κ2) is 6.83. The Morgan fingerprint density at radius 3 is 2.38 bits per heavy atom. The minimum absolute atomic E-state index is 0.900. The Morgan fingerprint density at radius 2 is 1.75 bits per heavy atom. The lowest BCUT2D eigenvalue weighted by Crippen LogP contribution is -2.47. The molecule has 0 saturated heterocycles. The van der Waals surface area contributed by atoms with Crippen LogP contribution in [0.3, 0.4) is 0 Å². The Morgan fingerprint density at radius 1 is 1.08 bits per heavy atom. The number of hydrogen-bond donors (Lipinski definition) is 0. The first-order valence-corrected chi connectivity index (χ1v) is 13.0. The van der Waals surface area contributed by atoms with Crippen LogP contribution in [0.15, 0.2) is 36.5 Å². The molecule has 3 rings (SSSR count). The van der Waals surface area contributed by atoms with Crippen LogP contribution >= 0.6 is 0 Å². The molecule has 2 heteroatoms. The molecule has 0 spiro atoms. The fraction of sp³-hybridized carbons (Fsp3) is 0.500. The van der Waals surface area contributed by atoms with Gasteiger partial charge in [0.1, 0.15) is 7.05 Å². The normalized spacial score (nSPS) is 15.9. The lowest BCUT2D eigenvalue weighted by Gasteiger charge is -2.22. The lowest BCUT2D eigenvalue weighted by molar-refractivity contribution is -0.659. The molecule has 0 aliphatic heterocycles. The first kappa shape index (κ1) is 17.4. The molecule has 0 atom stereocenters. The number of nitrogens with zero attached hydrogens (tertiary/aromatic N) is 1. The van der Waals surface area contributed by atoms with Gasteiger partial charge in [0.2, 0.25) is 5.69 Å². The van der Waals surface area contributed by atoms with Gasteiger partial charge in [-0.25, -0.2) is 4.57 Å². The van der Waals surface area contributed by atoms with Gasteiger partial charge in [0.25, 0.3) is 0 Å². The number of hydrogen-bond acceptors (Lipinski definition) is 0. The Kier molecular flexibility index (Phi) is 4.96. The maximum absolute atomic E-state index is 2.51. The summed E-state index contributed by atoms with van der Waals surface area (Å²) in [6, 6.07) is 11.3. The van der Waals surface area contributed by atoms with E-state index < -0.39 is 8.07 Å². The first-order valence-electron chi connectivity index (χ1n) is 9.45. The molecule has 1 aliphatic rings. The van der Waals surface area contributed by atoms with Gasteiger partial charge >= 0.3 is 0 Å². The van der Waals surface area contributed by atoms with Crippen LogP contribution in [0.25, 0.3) is 11.3 Å². The number of benzene rings is 1. The average molecular weight is 339 g/mol. The van der Waals surface area contributed by atoms with Crippen molar-refractivity contribution >= 4 is 13.3 Å². The van der Waals surface area contributed by atoms with Crippen molar-refractivity contribution < 1.29 is 4.57 Å². The van der Waals surface area contributed by atoms with Crippen molar-refractivity contribution in [2.45, 2.75) is 58.7 Å². The van der Waals surface area contributed by atoms with Crippen molar-refractivity contribution in [1.82, 2.24) is 0 Å². The number of aryl methyl sites for hydroxylation is 2. The second-order valence-electron chi connectivity index (χ2n) is 8.63. The number of rotatable bonds is 4. The quantitative estimate of drug-likeness (QED) is 0.559. The highest BCUT2D eigenvalue weighted by Gasteiger charge is 2.28. The van der Waals surface area contributed by atoms with E-state index in [4.69, 9.17) is 0 Å². The summed E-state index contributed by atoms with van der Waals surface area (Å²) in [5, 5.41) is 1.65. The first-order chi connectivity index (χ1) is 11.4. The molecule has 1 aliphatic carbocycles. The molecule has 0 N–H and O–H groups in total. The van der Waals surface area contributed by atoms with Gasteiger partial charge in [-0.15, -0.1) is 0 Å². The smallest absolute Gasteiger partial charge is 0.201 e. The van der Waals surface area contributed by atoms with E-state index in [1.54, 1.807) is 10.8 Å². The summed E-state index contributed by atoms with van der Waals surface area (Å²) in [7, 11) is 0.874. The van der Waals surface area contributed by atoms with Crippen molar-refractivity contribution in [3.63, 3.8) is 0 Å². The zero-order chi connectivity index (χ0) is 17.3. The number of aromatic nitrogens is 1. The van der Waals surface area contributed by atoms with E-state index in [0.29, 0.717) is 0 Å². The third kappa shape index (κ3) is 3.64. The summed E-state index contributed by atoms with van der Waals surface area (Å²) >= 11 is 0. The van der Waals surface area contributed by atoms with Crippen LogP contribution in [0.4, 0.5) is 0 Å². The fourth-order valence-electron chi connectivity index (χ4n) is 4.19. The summed E-state index contributed by atoms with van der Waals surface area (Å²) in [4.78, 5) is 0. The predicted molar refractivity (Wildman–Crippen MR) is 106 cm³/mol. The van der Waals surface area contributed by atoms with Gasteiger partial charge in [-0.2, -0.15) is 0 Å². The van der Waals surface area contributed by atoms with E-state index in [0.717, 1.165) is 5.92 Å². The van der Waals surface area contributed by atoms with E-state index in [2.05, 4.69) is 74.7 Å². The van der Waals surface area contributed by atoms with Crippen molar-refractivity contribution in [1.29, 1.82) is 0 Å². The average Bonchev–Trinajstić information content (AvgIpc) is 3.01. The van der Waals surface area contributed by atoms with Crippen molar-refractivity contribution in [3.8, 4) is 11.3 Å². The summed E-state index contributed by atoms with van der Waals surface area (Å²) in [5.41, 5.74) is 5.72. The topological polar surface area (TPSA) is 3.88 Å². The predicted octanol–water partition coefficient (Wildman–Crippen LogP) is 4.76. The molecule has 0 amide bonds. The third-order valence-corrected chi connectivity index (χ3v) is 7.64. The molecule has 2 aromatic rings. The van der Waals surface area contributed by atoms with Gasteiger partial charge in [0, 0.05) is 16.8 Å². The molecular weight excluding hydrogens is 306 g/mol. The fourth-order valence-corrected chi connectivity index (χ4v) is 5.91. The van der Waals surface area contributed by atoms with E-state index in [9.17, 15) is 0 Å². The van der Waals surface area contributed by atoms with Crippen molar-refractivity contribution in [2.24, 2.45) is 13.0 Å². The van der Waals surface area contributed by atoms with Gasteiger partial charge in [0.05, 0.1) is 8.07 Å². The van der Waals surface area contributed by atoms with Crippen LogP contribution in [0.2, 0.25) is 19.6 Å². The molecular formula is C22H32NSi+. The van der Waals surface area contributed by atoms with Gasteiger partial charge in [0.15, 0.2) is 6.20 Å². The molecule has 128 valence electrons. The van der Waals surface area contributed by atoms with Crippen LogP contribution < -0.4 is 9.75 Å². The lowest BCUT2D eigenvalue weighted by atomic mass is 9.96. The molecule has 0 radical (unpaired) electrons. The zero-order valence-corrected chi connectivity index (χ0v) is 17.0. The van der Waals surface area contributed by atoms with Gasteiger partial charge < -0.3 is 0 Å². The van der Waals surface area contributed by atoms with E-state index >= 15 is 0 Å². The molecule has 1 nitrogen and oxygen atoms in total. The summed E-state index contributed by atoms with van der Waals surface area (Å²) in [6.45, 7) is 9.66. The Balaban J connectivity index is 2.09. The van der Waals surface area contributed by atoms with Crippen molar-refractivity contribution in [2.75, 3.05) is 0 Å². The highest BCUT2D eigenvalue weighted by Crippen LogP contribution is 2.29. The van der Waals surface area contributed by atoms with Crippen LogP contribution in [-0.2, 0) is 13.5 Å². The molecule has 0 bridgehead atoms. The molecule has 1 fully saturated rings. The SMILES string of the molecule is Cc1ccccc1-c1cc(CC2CCCC2)c([Si](C)(C)C)c[n+]1C. The largest absolute Gasteiger partial charge is 0.212 e. The summed E-state index contributed by atoms with van der Waals surface area (Å²) in [5.74, 6) is 0.900. The highest BCUT2D eigenvalue weighted by molar-refractivity contribution is 6.88. The van der Waals surface area contributed by atoms with Crippen LogP contribution in [0.1, 0.15) is 36.8 Å². The van der Waals surface area contributed by atoms with E-state index in [-0.39, 0.29) is 0 Å². The Hall–Kier alpha value is -1.41. The van der Waals surface area contributed by atoms with Gasteiger partial charge in [-0.3, -0.25) is 0 Å². The van der Waals surface area contributed by atoms with Crippen molar-refractivity contribution in [3.05, 3.63) is 47.7 Å². The Labute approximate surface area is 148 Å². The summed E-state index contributed by atoms with van der Waals surface area (Å²) < 4.78 is 2.36. The molecule has 1 saturated carbocycles. The molecule has 1 aromatic carbocycles. The van der Waals surface area contributed by atoms with E-state index in [1.807, 2.05) is 0 Å². The monoisotopic (exact) mass is 338 g/mol. The van der Waals surface area contributed by atoms with Crippen LogP contribution in [0, 0.1) is 12.8 Å². The zero-order valence-electron chi connectivity index (χ0n) is 16.0. The van der Waals surface area contributed by atoms with Gasteiger partial charge in [-0.05, 0) is 36.5 Å². The third-order valence-electron chi connectivity index (χ3n) is 5.57. The number of pyridine rings is 1. The van der Waals surface area contributed by atoms with E-state index in [1.165, 1.54) is 48.9 Å². The maximum atomic E-state index is 2.51. The molecule has 0 unspecified atom stereocenters. The Bertz CT molecular complexity index is 721.